The van der Waals surface area contributed by atoms with Crippen LogP contribution in [-0.2, 0) is 18.9 Å². The lowest BCUT2D eigenvalue weighted by molar-refractivity contribution is 0.0103. The molecule has 0 aromatic carbocycles. The average molecular weight is 296 g/mol. The highest BCUT2D eigenvalue weighted by Crippen LogP contribution is 1.86. The smallest absolute Gasteiger partial charge is 0.0703 e. The van der Waals surface area contributed by atoms with E-state index in [4.69, 9.17) is 29.2 Å². The summed E-state index contributed by atoms with van der Waals surface area (Å²) in [6.45, 7) is 10.2. The molecule has 0 atom stereocenters. The van der Waals surface area contributed by atoms with Crippen LogP contribution in [0, 0.1) is 0 Å². The summed E-state index contributed by atoms with van der Waals surface area (Å²) in [6, 6.07) is 0. The summed E-state index contributed by atoms with van der Waals surface area (Å²) in [5.41, 5.74) is 0. The molecule has 0 radical (unpaired) electrons. The molecule has 0 spiro atoms. The molecule has 0 amide bonds. The maximum Gasteiger partial charge on any atom is 0.0703 e. The van der Waals surface area contributed by atoms with Gasteiger partial charge in [0.2, 0.25) is 0 Å². The van der Waals surface area contributed by atoms with E-state index in [0.717, 1.165) is 13.0 Å². The number of aliphatic hydroxyl groups excluding tert-OH is 2. The van der Waals surface area contributed by atoms with Crippen LogP contribution in [0.25, 0.3) is 0 Å². The Morgan fingerprint density at radius 3 is 1.55 bits per heavy atom. The summed E-state index contributed by atoms with van der Waals surface area (Å²) in [7, 11) is 0. The highest BCUT2D eigenvalue weighted by Gasteiger charge is 1.91. The number of hydrogen-bond acceptors (Lipinski definition) is 6. The third-order valence-electron chi connectivity index (χ3n) is 1.87. The summed E-state index contributed by atoms with van der Waals surface area (Å²) in [4.78, 5) is 0. The molecule has 0 aliphatic carbocycles. The fraction of sp³-hybridized carbons (Fsp3) is 1.00. The Balaban J connectivity index is 0. The number of ether oxygens (including phenoxy) is 4. The van der Waals surface area contributed by atoms with E-state index in [2.05, 4.69) is 6.92 Å². The standard InChI is InChI=1S/2C7H16O3/c1-7(2)10-6-5-9-4-3-8;1-2-4-9-6-7-10-5-3-8/h7-8H,3-6H2,1-2H3;8H,2-7H2,1H3. The molecule has 0 heterocycles. The average Bonchev–Trinajstić information content (AvgIpc) is 2.43. The third kappa shape index (κ3) is 26.3. The van der Waals surface area contributed by atoms with Crippen molar-refractivity contribution in [2.24, 2.45) is 0 Å². The van der Waals surface area contributed by atoms with Crippen molar-refractivity contribution in [1.82, 2.24) is 0 Å². The van der Waals surface area contributed by atoms with Gasteiger partial charge in [0.15, 0.2) is 0 Å². The first-order chi connectivity index (χ1) is 9.68. The SMILES string of the molecule is CC(C)OCCOCCO.CCCOCCOCCO. The second kappa shape index (κ2) is 21.1. The van der Waals surface area contributed by atoms with E-state index >= 15 is 0 Å². The normalized spacial score (nSPS) is 10.5. The molecule has 124 valence electrons. The molecular weight excluding hydrogens is 264 g/mol. The van der Waals surface area contributed by atoms with Crippen LogP contribution in [-0.4, -0.2) is 75.8 Å². The first kappa shape index (κ1) is 22.0. The molecule has 0 fully saturated rings. The van der Waals surface area contributed by atoms with Crippen molar-refractivity contribution in [1.29, 1.82) is 0 Å². The molecule has 0 aliphatic rings. The van der Waals surface area contributed by atoms with Crippen LogP contribution in [0.15, 0.2) is 0 Å². The highest BCUT2D eigenvalue weighted by molar-refractivity contribution is 4.36. The van der Waals surface area contributed by atoms with E-state index < -0.39 is 0 Å². The van der Waals surface area contributed by atoms with E-state index in [0.29, 0.717) is 39.6 Å². The van der Waals surface area contributed by atoms with E-state index in [-0.39, 0.29) is 19.3 Å². The monoisotopic (exact) mass is 296 g/mol. The zero-order valence-electron chi connectivity index (χ0n) is 13.2. The first-order valence-corrected chi connectivity index (χ1v) is 7.25. The molecule has 0 aliphatic heterocycles. The summed E-state index contributed by atoms with van der Waals surface area (Å²) in [5, 5.41) is 16.6. The predicted octanol–water partition coefficient (Wildman–Crippen LogP) is 0.842. The first-order valence-electron chi connectivity index (χ1n) is 7.25. The van der Waals surface area contributed by atoms with Crippen molar-refractivity contribution in [2.45, 2.75) is 33.3 Å². The maximum absolute atomic E-state index is 8.31. The van der Waals surface area contributed by atoms with Gasteiger partial charge in [0.25, 0.3) is 0 Å². The van der Waals surface area contributed by atoms with Crippen LogP contribution in [0.4, 0.5) is 0 Å². The van der Waals surface area contributed by atoms with Gasteiger partial charge in [0.1, 0.15) is 0 Å². The van der Waals surface area contributed by atoms with Crippen molar-refractivity contribution in [3.63, 3.8) is 0 Å². The van der Waals surface area contributed by atoms with E-state index in [1.54, 1.807) is 0 Å². The molecule has 0 bridgehead atoms. The molecule has 6 nitrogen and oxygen atoms in total. The topological polar surface area (TPSA) is 77.4 Å². The predicted molar refractivity (Wildman–Crippen MR) is 78.0 cm³/mol. The van der Waals surface area contributed by atoms with E-state index in [9.17, 15) is 0 Å². The fourth-order valence-electron chi connectivity index (χ4n) is 1.04. The molecular formula is C14H32O6. The lowest BCUT2D eigenvalue weighted by Gasteiger charge is -2.06. The quantitative estimate of drug-likeness (QED) is 0.491. The molecule has 0 saturated heterocycles. The lowest BCUT2D eigenvalue weighted by Crippen LogP contribution is -2.10. The number of hydrogen-bond donors (Lipinski definition) is 2. The Bertz CT molecular complexity index is 147. The molecule has 2 N–H and O–H groups in total. The molecule has 0 aromatic heterocycles. The van der Waals surface area contributed by atoms with Crippen molar-refractivity contribution in [3.8, 4) is 0 Å². The Hall–Kier alpha value is -0.240. The van der Waals surface area contributed by atoms with Crippen molar-refractivity contribution in [2.75, 3.05) is 59.5 Å². The number of rotatable bonds is 13. The van der Waals surface area contributed by atoms with Gasteiger partial charge in [-0.15, -0.1) is 0 Å². The molecule has 0 aromatic rings. The van der Waals surface area contributed by atoms with Crippen molar-refractivity contribution < 1.29 is 29.2 Å². The van der Waals surface area contributed by atoms with Gasteiger partial charge in [-0.25, -0.2) is 0 Å². The summed E-state index contributed by atoms with van der Waals surface area (Å²) in [5.74, 6) is 0. The maximum atomic E-state index is 8.31. The summed E-state index contributed by atoms with van der Waals surface area (Å²) < 4.78 is 20.2. The van der Waals surface area contributed by atoms with Gasteiger partial charge < -0.3 is 29.2 Å². The Morgan fingerprint density at radius 2 is 1.15 bits per heavy atom. The van der Waals surface area contributed by atoms with E-state index in [1.165, 1.54) is 0 Å². The second-order valence-corrected chi connectivity index (χ2v) is 4.20. The van der Waals surface area contributed by atoms with Crippen LogP contribution in [0.5, 0.6) is 0 Å². The molecule has 0 rings (SSSR count). The van der Waals surface area contributed by atoms with Crippen LogP contribution >= 0.6 is 0 Å². The third-order valence-corrected chi connectivity index (χ3v) is 1.87. The zero-order valence-corrected chi connectivity index (χ0v) is 13.2. The number of aliphatic hydroxyl groups is 2. The van der Waals surface area contributed by atoms with Gasteiger partial charge in [-0.1, -0.05) is 6.92 Å². The summed E-state index contributed by atoms with van der Waals surface area (Å²) in [6.07, 6.45) is 1.30. The van der Waals surface area contributed by atoms with Crippen LogP contribution in [0.3, 0.4) is 0 Å². The van der Waals surface area contributed by atoms with Crippen LogP contribution in [0.2, 0.25) is 0 Å². The van der Waals surface area contributed by atoms with Gasteiger partial charge in [0, 0.05) is 6.61 Å². The largest absolute Gasteiger partial charge is 0.394 e. The van der Waals surface area contributed by atoms with E-state index in [1.807, 2.05) is 13.8 Å². The van der Waals surface area contributed by atoms with Crippen LogP contribution < -0.4 is 0 Å². The van der Waals surface area contributed by atoms with Crippen LogP contribution in [0.1, 0.15) is 27.2 Å². The molecule has 6 heteroatoms. The van der Waals surface area contributed by atoms with Crippen molar-refractivity contribution >= 4 is 0 Å². The lowest BCUT2D eigenvalue weighted by atomic mass is 10.5. The van der Waals surface area contributed by atoms with Gasteiger partial charge in [-0.3, -0.25) is 0 Å². The highest BCUT2D eigenvalue weighted by atomic mass is 16.5. The summed E-state index contributed by atoms with van der Waals surface area (Å²) >= 11 is 0. The van der Waals surface area contributed by atoms with Gasteiger partial charge >= 0.3 is 0 Å². The van der Waals surface area contributed by atoms with Gasteiger partial charge in [-0.05, 0) is 20.3 Å². The fourth-order valence-corrected chi connectivity index (χ4v) is 1.04. The minimum Gasteiger partial charge on any atom is -0.394 e. The Labute approximate surface area is 123 Å². The molecule has 0 saturated carbocycles. The van der Waals surface area contributed by atoms with Gasteiger partial charge in [0.05, 0.1) is 59.0 Å². The minimum absolute atomic E-state index is 0.0850. The Morgan fingerprint density at radius 1 is 0.700 bits per heavy atom. The van der Waals surface area contributed by atoms with Crippen molar-refractivity contribution in [3.05, 3.63) is 0 Å². The molecule has 0 unspecified atom stereocenters. The van der Waals surface area contributed by atoms with Gasteiger partial charge in [-0.2, -0.15) is 0 Å². The molecule has 20 heavy (non-hydrogen) atoms. The Kier molecular flexibility index (Phi) is 23.2. The second-order valence-electron chi connectivity index (χ2n) is 4.20. The minimum atomic E-state index is 0.0850. The zero-order chi connectivity index (χ0) is 15.5.